The lowest BCUT2D eigenvalue weighted by atomic mass is 10.0. The maximum Gasteiger partial charge on any atom is 0.253 e. The molecule has 1 atom stereocenters. The molecule has 3 aromatic carbocycles. The molecule has 158 valence electrons. The van der Waals surface area contributed by atoms with E-state index in [4.69, 9.17) is 11.6 Å². The molecule has 0 spiro atoms. The fraction of sp³-hybridized carbons (Fsp3) is 0.231. The molecule has 1 aliphatic carbocycles. The van der Waals surface area contributed by atoms with Crippen LogP contribution >= 0.6 is 11.6 Å². The Hall–Kier alpha value is -3.11. The van der Waals surface area contributed by atoms with Crippen LogP contribution in [0.25, 0.3) is 0 Å². The van der Waals surface area contributed by atoms with Crippen molar-refractivity contribution in [1.29, 1.82) is 0 Å². The second-order valence-corrected chi connectivity index (χ2v) is 8.52. The van der Waals surface area contributed by atoms with E-state index in [0.717, 1.165) is 24.8 Å². The van der Waals surface area contributed by atoms with Crippen LogP contribution in [-0.2, 0) is 11.2 Å². The third-order valence-corrected chi connectivity index (χ3v) is 5.99. The van der Waals surface area contributed by atoms with Crippen LogP contribution < -0.4 is 10.6 Å². The van der Waals surface area contributed by atoms with E-state index in [1.807, 2.05) is 48.5 Å². The molecule has 0 unspecified atom stereocenters. The largest absolute Gasteiger partial charge is 0.350 e. The van der Waals surface area contributed by atoms with E-state index in [1.54, 1.807) is 24.3 Å². The summed E-state index contributed by atoms with van der Waals surface area (Å²) < 4.78 is 0. The van der Waals surface area contributed by atoms with Gasteiger partial charge in [-0.05, 0) is 42.5 Å². The van der Waals surface area contributed by atoms with E-state index in [0.29, 0.717) is 10.6 Å². The van der Waals surface area contributed by atoms with E-state index >= 15 is 0 Å². The fourth-order valence-corrected chi connectivity index (χ4v) is 4.06. The van der Waals surface area contributed by atoms with Crippen LogP contribution in [0.15, 0.2) is 84.9 Å². The van der Waals surface area contributed by atoms with Crippen LogP contribution in [0.4, 0.5) is 0 Å². The predicted octanol–water partition coefficient (Wildman–Crippen LogP) is 5.09. The van der Waals surface area contributed by atoms with E-state index < -0.39 is 6.04 Å². The smallest absolute Gasteiger partial charge is 0.253 e. The molecule has 1 aliphatic rings. The quantitative estimate of drug-likeness (QED) is 0.520. The number of carbonyl (C=O) groups excluding carboxylic acids is 2. The first-order valence-corrected chi connectivity index (χ1v) is 10.9. The van der Waals surface area contributed by atoms with Gasteiger partial charge in [-0.1, -0.05) is 84.4 Å². The van der Waals surface area contributed by atoms with Gasteiger partial charge in [0.25, 0.3) is 5.91 Å². The van der Waals surface area contributed by atoms with E-state index in [2.05, 4.69) is 22.8 Å². The van der Waals surface area contributed by atoms with Gasteiger partial charge in [0.05, 0.1) is 23.0 Å². The van der Waals surface area contributed by atoms with Gasteiger partial charge in [0, 0.05) is 5.54 Å². The van der Waals surface area contributed by atoms with Crippen LogP contribution in [0.1, 0.15) is 46.8 Å². The normalized spacial score (nSPS) is 15.0. The average Bonchev–Trinajstić information content (AvgIpc) is 3.53. The molecule has 4 nitrogen and oxygen atoms in total. The highest BCUT2D eigenvalue weighted by Crippen LogP contribution is 2.39. The summed E-state index contributed by atoms with van der Waals surface area (Å²) in [6.07, 6.45) is 2.92. The van der Waals surface area contributed by atoms with E-state index in [-0.39, 0.29) is 23.8 Å². The number of carbonyl (C=O) groups is 2. The molecule has 4 rings (SSSR count). The first-order chi connectivity index (χ1) is 15.0. The Morgan fingerprint density at radius 1 is 0.871 bits per heavy atom. The van der Waals surface area contributed by atoms with Crippen LogP contribution in [-0.4, -0.2) is 17.4 Å². The molecule has 0 heterocycles. The monoisotopic (exact) mass is 432 g/mol. The first-order valence-electron chi connectivity index (χ1n) is 10.5. The summed E-state index contributed by atoms with van der Waals surface area (Å²) in [6.45, 7) is 0. The lowest BCUT2D eigenvalue weighted by Gasteiger charge is -2.22. The molecule has 0 bridgehead atoms. The zero-order chi connectivity index (χ0) is 21.7. The highest BCUT2D eigenvalue weighted by molar-refractivity contribution is 6.33. The summed E-state index contributed by atoms with van der Waals surface area (Å²) in [5.41, 5.74) is 2.32. The zero-order valence-corrected chi connectivity index (χ0v) is 17.9. The molecule has 31 heavy (non-hydrogen) atoms. The summed E-state index contributed by atoms with van der Waals surface area (Å²) in [7, 11) is 0. The molecule has 0 saturated heterocycles. The van der Waals surface area contributed by atoms with Gasteiger partial charge in [-0.3, -0.25) is 9.59 Å². The molecular formula is C26H25ClN2O2. The van der Waals surface area contributed by atoms with Crippen molar-refractivity contribution < 1.29 is 9.59 Å². The molecule has 1 fully saturated rings. The Morgan fingerprint density at radius 2 is 1.48 bits per heavy atom. The maximum atomic E-state index is 13.0. The van der Waals surface area contributed by atoms with E-state index in [9.17, 15) is 9.59 Å². The maximum absolute atomic E-state index is 13.0. The highest BCUT2D eigenvalue weighted by Gasteiger charge is 2.44. The third-order valence-electron chi connectivity index (χ3n) is 5.66. The standard InChI is InChI=1S/C26H25ClN2O2/c27-22-14-8-7-13-21(22)25(31)28-23(20-11-5-2-6-12-20)17-24(30)29-26(15-16-26)18-19-9-3-1-4-10-19/h1-14,23H,15-18H2,(H,28,31)(H,29,30)/t23-/m1/s1. The molecule has 3 aromatic rings. The van der Waals surface area contributed by atoms with Crippen LogP contribution in [0, 0.1) is 0 Å². The van der Waals surface area contributed by atoms with Gasteiger partial charge < -0.3 is 10.6 Å². The molecule has 2 amide bonds. The van der Waals surface area contributed by atoms with Gasteiger partial charge in [-0.25, -0.2) is 0 Å². The molecule has 0 radical (unpaired) electrons. The van der Waals surface area contributed by atoms with Crippen LogP contribution in [0.2, 0.25) is 5.02 Å². The van der Waals surface area contributed by atoms with Gasteiger partial charge >= 0.3 is 0 Å². The average molecular weight is 433 g/mol. The lowest BCUT2D eigenvalue weighted by Crippen LogP contribution is -2.41. The Kier molecular flexibility index (Phi) is 6.38. The molecule has 0 aliphatic heterocycles. The molecule has 5 heteroatoms. The van der Waals surface area contributed by atoms with Gasteiger partial charge in [0.1, 0.15) is 0 Å². The van der Waals surface area contributed by atoms with Crippen molar-refractivity contribution >= 4 is 23.4 Å². The number of amides is 2. The van der Waals surface area contributed by atoms with Crippen molar-refractivity contribution in [2.24, 2.45) is 0 Å². The van der Waals surface area contributed by atoms with Gasteiger partial charge in [-0.15, -0.1) is 0 Å². The number of nitrogens with one attached hydrogen (secondary N) is 2. The Labute approximate surface area is 187 Å². The van der Waals surface area contributed by atoms with Crippen molar-refractivity contribution in [1.82, 2.24) is 10.6 Å². The summed E-state index contributed by atoms with van der Waals surface area (Å²) in [5.74, 6) is -0.362. The van der Waals surface area contributed by atoms with Crippen molar-refractivity contribution in [3.8, 4) is 0 Å². The summed E-state index contributed by atoms with van der Waals surface area (Å²) in [6, 6.07) is 26.2. The molecule has 2 N–H and O–H groups in total. The lowest BCUT2D eigenvalue weighted by molar-refractivity contribution is -0.122. The number of halogens is 1. The second kappa shape index (κ2) is 9.36. The van der Waals surface area contributed by atoms with Gasteiger partial charge in [0.2, 0.25) is 5.91 Å². The molecular weight excluding hydrogens is 408 g/mol. The minimum atomic E-state index is -0.447. The van der Waals surface area contributed by atoms with Crippen LogP contribution in [0.5, 0.6) is 0 Å². The molecule has 1 saturated carbocycles. The topological polar surface area (TPSA) is 58.2 Å². The minimum Gasteiger partial charge on any atom is -0.350 e. The van der Waals surface area contributed by atoms with Gasteiger partial charge in [-0.2, -0.15) is 0 Å². The number of rotatable bonds is 8. The summed E-state index contributed by atoms with van der Waals surface area (Å²) in [4.78, 5) is 25.8. The van der Waals surface area contributed by atoms with E-state index in [1.165, 1.54) is 5.56 Å². The number of benzene rings is 3. The summed E-state index contributed by atoms with van der Waals surface area (Å²) >= 11 is 6.19. The van der Waals surface area contributed by atoms with Crippen LogP contribution in [0.3, 0.4) is 0 Å². The first kappa shape index (κ1) is 21.1. The summed E-state index contributed by atoms with van der Waals surface area (Å²) in [5, 5.41) is 6.60. The number of hydrogen-bond donors (Lipinski definition) is 2. The number of hydrogen-bond acceptors (Lipinski definition) is 2. The fourth-order valence-electron chi connectivity index (χ4n) is 3.83. The van der Waals surface area contributed by atoms with Crippen molar-refractivity contribution in [3.63, 3.8) is 0 Å². The third kappa shape index (κ3) is 5.53. The predicted molar refractivity (Wildman–Crippen MR) is 123 cm³/mol. The van der Waals surface area contributed by atoms with Gasteiger partial charge in [0.15, 0.2) is 0 Å². The Morgan fingerprint density at radius 3 is 2.13 bits per heavy atom. The second-order valence-electron chi connectivity index (χ2n) is 8.11. The molecule has 0 aromatic heterocycles. The minimum absolute atomic E-state index is 0.0678. The van der Waals surface area contributed by atoms with Crippen molar-refractivity contribution in [3.05, 3.63) is 107 Å². The zero-order valence-electron chi connectivity index (χ0n) is 17.2. The SMILES string of the molecule is O=C(C[C@@H](NC(=O)c1ccccc1Cl)c1ccccc1)NC1(Cc2ccccc2)CC1. The Bertz CT molecular complexity index is 1050. The van der Waals surface area contributed by atoms with Crippen molar-refractivity contribution in [2.45, 2.75) is 37.3 Å². The van der Waals surface area contributed by atoms with Crippen molar-refractivity contribution in [2.75, 3.05) is 0 Å². The Balaban J connectivity index is 1.46. The highest BCUT2D eigenvalue weighted by atomic mass is 35.5.